The molecule has 0 atom stereocenters. The average Bonchev–Trinajstić information content (AvgIpc) is 3.14. The van der Waals surface area contributed by atoms with Crippen molar-refractivity contribution in [2.45, 2.75) is 37.0 Å². The van der Waals surface area contributed by atoms with Crippen molar-refractivity contribution in [2.75, 3.05) is 31.8 Å². The van der Waals surface area contributed by atoms with Crippen LogP contribution in [0, 0.1) is 20.8 Å². The van der Waals surface area contributed by atoms with E-state index < -0.39 is 45.9 Å². The van der Waals surface area contributed by atoms with Crippen molar-refractivity contribution in [1.82, 2.24) is 5.48 Å². The molecule has 0 aliphatic rings. The van der Waals surface area contributed by atoms with Gasteiger partial charge in [-0.3, -0.25) is 13.7 Å². The SMILES string of the molecule is CNOc1ccc(N=Nc2cc(OCCCS(=O)(=O)O)c(N=Nc3cc(C)c(N=Nc4cc5ccc(NC)cc5cc4S(=O)(=O)O)cc3C)cc2C)c(S(=O)(=O)O)c1. The van der Waals surface area contributed by atoms with Crippen LogP contribution in [0.25, 0.3) is 10.8 Å². The van der Waals surface area contributed by atoms with Crippen molar-refractivity contribution in [2.24, 2.45) is 30.7 Å². The van der Waals surface area contributed by atoms with Gasteiger partial charge in [0.15, 0.2) is 0 Å². The zero-order chi connectivity index (χ0) is 42.4. The smallest absolute Gasteiger partial charge is 0.296 e. The standard InChI is InChI=1S/C36H38N8O11S3/c1-21-14-30(41-44-33-17-24-7-8-26(37-4)16-25(24)18-35(33)57(48,49)50)22(2)13-29(21)40-43-32-15-23(3)31(20-34(32)54-11-6-12-56(45,46)47)42-39-28-10-9-27(55-38-5)19-36(28)58(51,52)53/h7-10,13-20,37-38H,6,11-12H2,1-5H3,(H,45,46,47)(H,48,49,50)(H,51,52,53). The van der Waals surface area contributed by atoms with Gasteiger partial charge in [0.05, 0.1) is 29.4 Å². The van der Waals surface area contributed by atoms with Crippen LogP contribution in [0.15, 0.2) is 113 Å². The quantitative estimate of drug-likeness (QED) is 0.0269. The van der Waals surface area contributed by atoms with E-state index in [4.69, 9.17) is 14.1 Å². The second-order valence-electron chi connectivity index (χ2n) is 12.6. The van der Waals surface area contributed by atoms with Gasteiger partial charge in [0.2, 0.25) is 0 Å². The maximum absolute atomic E-state index is 12.3. The van der Waals surface area contributed by atoms with Crippen LogP contribution in [0.2, 0.25) is 0 Å². The van der Waals surface area contributed by atoms with Gasteiger partial charge in [-0.2, -0.15) is 46.1 Å². The lowest BCUT2D eigenvalue weighted by atomic mass is 10.1. The summed E-state index contributed by atoms with van der Waals surface area (Å²) in [7, 11) is -10.5. The van der Waals surface area contributed by atoms with E-state index in [9.17, 15) is 34.4 Å². The second kappa shape index (κ2) is 17.8. The average molecular weight is 855 g/mol. The molecule has 0 spiro atoms. The van der Waals surface area contributed by atoms with Crippen molar-refractivity contribution >= 4 is 80.9 Å². The molecule has 0 amide bonds. The summed E-state index contributed by atoms with van der Waals surface area (Å²) in [6.07, 6.45) is -0.0740. The lowest BCUT2D eigenvalue weighted by Crippen LogP contribution is -2.11. The van der Waals surface area contributed by atoms with E-state index in [1.807, 2.05) is 6.07 Å². The molecule has 5 N–H and O–H groups in total. The molecular weight excluding hydrogens is 817 g/mol. The van der Waals surface area contributed by atoms with E-state index in [0.29, 0.717) is 38.8 Å². The van der Waals surface area contributed by atoms with Crippen molar-refractivity contribution in [3.8, 4) is 11.5 Å². The molecule has 306 valence electrons. The summed E-state index contributed by atoms with van der Waals surface area (Å²) in [6.45, 7) is 4.98. The highest BCUT2D eigenvalue weighted by Crippen LogP contribution is 2.39. The predicted octanol–water partition coefficient (Wildman–Crippen LogP) is 8.72. The summed E-state index contributed by atoms with van der Waals surface area (Å²) in [5.41, 5.74) is 5.80. The number of rotatable bonds is 16. The molecule has 0 saturated heterocycles. The van der Waals surface area contributed by atoms with E-state index >= 15 is 0 Å². The summed E-state index contributed by atoms with van der Waals surface area (Å²) in [5, 5.41) is 29.7. The topological polar surface area (TPSA) is 280 Å². The molecule has 0 bridgehead atoms. The minimum Gasteiger partial charge on any atom is -0.491 e. The van der Waals surface area contributed by atoms with Crippen molar-refractivity contribution in [3.05, 3.63) is 89.5 Å². The first-order valence-electron chi connectivity index (χ1n) is 17.0. The van der Waals surface area contributed by atoms with E-state index in [1.54, 1.807) is 58.2 Å². The van der Waals surface area contributed by atoms with E-state index in [2.05, 4.69) is 41.5 Å². The summed E-state index contributed by atoms with van der Waals surface area (Å²) >= 11 is 0. The van der Waals surface area contributed by atoms with Gasteiger partial charge in [-0.25, -0.2) is 0 Å². The Hall–Kier alpha value is -5.75. The van der Waals surface area contributed by atoms with Gasteiger partial charge in [-0.05, 0) is 109 Å². The number of hydrogen-bond acceptors (Lipinski definition) is 16. The lowest BCUT2D eigenvalue weighted by molar-refractivity contribution is 0.223. The number of benzene rings is 5. The highest BCUT2D eigenvalue weighted by atomic mass is 32.2. The normalized spacial score (nSPS) is 12.6. The van der Waals surface area contributed by atoms with Crippen molar-refractivity contribution in [3.63, 3.8) is 0 Å². The molecule has 0 heterocycles. The van der Waals surface area contributed by atoms with Crippen LogP contribution in [-0.2, 0) is 30.4 Å². The van der Waals surface area contributed by atoms with Crippen molar-refractivity contribution in [1.29, 1.82) is 0 Å². The Labute approximate surface area is 334 Å². The number of fused-ring (bicyclic) bond motifs is 1. The second-order valence-corrected chi connectivity index (χ2v) is 17.0. The van der Waals surface area contributed by atoms with Gasteiger partial charge in [-0.15, -0.1) is 15.3 Å². The van der Waals surface area contributed by atoms with Crippen LogP contribution < -0.4 is 20.4 Å². The molecule has 0 fully saturated rings. The predicted molar refractivity (Wildman–Crippen MR) is 215 cm³/mol. The third kappa shape index (κ3) is 11.2. The first kappa shape index (κ1) is 43.4. The minimum atomic E-state index is -4.73. The Morgan fingerprint density at radius 3 is 1.67 bits per heavy atom. The number of hydrogen-bond donors (Lipinski definition) is 5. The molecule has 22 heteroatoms. The number of hydroxylamine groups is 1. The minimum absolute atomic E-state index is 0.0635. The number of azo groups is 3. The molecule has 0 saturated carbocycles. The van der Waals surface area contributed by atoms with Gasteiger partial charge in [0, 0.05) is 31.9 Å². The number of nitrogens with zero attached hydrogens (tertiary/aromatic N) is 6. The Balaban J connectivity index is 1.47. The molecule has 5 aromatic rings. The Morgan fingerprint density at radius 1 is 0.569 bits per heavy atom. The molecule has 0 radical (unpaired) electrons. The fourth-order valence-electron chi connectivity index (χ4n) is 5.38. The number of aryl methyl sites for hydroxylation is 3. The fourth-order valence-corrected chi connectivity index (χ4v) is 7.14. The molecular formula is C36H38N8O11S3. The van der Waals surface area contributed by atoms with Crippen LogP contribution in [0.5, 0.6) is 11.5 Å². The maximum atomic E-state index is 12.3. The molecule has 0 aliphatic carbocycles. The highest BCUT2D eigenvalue weighted by Gasteiger charge is 2.19. The molecule has 19 nitrogen and oxygen atoms in total. The third-order valence-electron chi connectivity index (χ3n) is 8.31. The summed E-state index contributed by atoms with van der Waals surface area (Å²) in [5.74, 6) is -0.381. The first-order chi connectivity index (χ1) is 27.2. The van der Waals surface area contributed by atoms with Gasteiger partial charge < -0.3 is 14.9 Å². The fraction of sp³-hybridized carbons (Fsp3) is 0.222. The van der Waals surface area contributed by atoms with Crippen LogP contribution in [0.4, 0.5) is 39.8 Å². The van der Waals surface area contributed by atoms with E-state index in [-0.39, 0.29) is 47.3 Å². The Kier molecular flexibility index (Phi) is 13.3. The van der Waals surface area contributed by atoms with E-state index in [0.717, 1.165) is 11.8 Å². The van der Waals surface area contributed by atoms with Gasteiger partial charge >= 0.3 is 0 Å². The first-order valence-corrected chi connectivity index (χ1v) is 21.5. The highest BCUT2D eigenvalue weighted by molar-refractivity contribution is 7.86. The monoisotopic (exact) mass is 854 g/mol. The van der Waals surface area contributed by atoms with Gasteiger partial charge in [0.25, 0.3) is 30.4 Å². The Bertz CT molecular complexity index is 2810. The molecule has 0 unspecified atom stereocenters. The summed E-state index contributed by atoms with van der Waals surface area (Å²) in [6, 6.07) is 18.2. The number of ether oxygens (including phenoxy) is 1. The third-order valence-corrected chi connectivity index (χ3v) is 10.9. The zero-order valence-electron chi connectivity index (χ0n) is 31.6. The maximum Gasteiger partial charge on any atom is 0.296 e. The number of anilines is 1. The van der Waals surface area contributed by atoms with Crippen LogP contribution in [-0.4, -0.2) is 65.4 Å². The Morgan fingerprint density at radius 2 is 1.10 bits per heavy atom. The molecule has 0 aromatic heterocycles. The molecule has 0 aliphatic heterocycles. The summed E-state index contributed by atoms with van der Waals surface area (Å²) in [4.78, 5) is 4.11. The summed E-state index contributed by atoms with van der Waals surface area (Å²) < 4.78 is 106. The number of nitrogens with one attached hydrogen (secondary N) is 2. The largest absolute Gasteiger partial charge is 0.491 e. The van der Waals surface area contributed by atoms with Gasteiger partial charge in [-0.1, -0.05) is 6.07 Å². The lowest BCUT2D eigenvalue weighted by Gasteiger charge is -2.11. The van der Waals surface area contributed by atoms with E-state index in [1.165, 1.54) is 37.4 Å². The zero-order valence-corrected chi connectivity index (χ0v) is 34.0. The van der Waals surface area contributed by atoms with Gasteiger partial charge in [0.1, 0.15) is 38.4 Å². The van der Waals surface area contributed by atoms with Crippen LogP contribution in [0.3, 0.4) is 0 Å². The molecule has 58 heavy (non-hydrogen) atoms. The molecule has 5 aromatic carbocycles. The van der Waals surface area contributed by atoms with Crippen LogP contribution >= 0.6 is 0 Å². The molecule has 5 rings (SSSR count). The van der Waals surface area contributed by atoms with Crippen molar-refractivity contribution < 1.29 is 48.5 Å². The van der Waals surface area contributed by atoms with Crippen LogP contribution in [0.1, 0.15) is 23.1 Å².